The summed E-state index contributed by atoms with van der Waals surface area (Å²) in [5, 5.41) is 3.27. The largest absolute Gasteiger partial charge is 0.497 e. The van der Waals surface area contributed by atoms with Crippen molar-refractivity contribution in [1.29, 1.82) is 0 Å². The molecule has 0 saturated carbocycles. The fraction of sp³-hybridized carbons (Fsp3) is 0.235. The SMILES string of the molecule is COc1ccc(C(NC(C)C(N)=O)c2ccccc2)cc1. The van der Waals surface area contributed by atoms with Crippen LogP contribution in [0.1, 0.15) is 24.1 Å². The Hall–Kier alpha value is -2.33. The quantitative estimate of drug-likeness (QED) is 0.855. The Morgan fingerprint density at radius 2 is 1.62 bits per heavy atom. The minimum Gasteiger partial charge on any atom is -0.497 e. The van der Waals surface area contributed by atoms with E-state index in [1.807, 2.05) is 54.6 Å². The van der Waals surface area contributed by atoms with Gasteiger partial charge in [-0.2, -0.15) is 0 Å². The molecule has 0 spiro atoms. The van der Waals surface area contributed by atoms with Crippen molar-refractivity contribution in [3.8, 4) is 5.75 Å². The molecule has 2 aromatic carbocycles. The molecule has 3 N–H and O–H groups in total. The lowest BCUT2D eigenvalue weighted by Gasteiger charge is -2.23. The predicted octanol–water partition coefficient (Wildman–Crippen LogP) is 2.25. The second-order valence-electron chi connectivity index (χ2n) is 4.91. The van der Waals surface area contributed by atoms with Crippen LogP contribution in [0.25, 0.3) is 0 Å². The maximum absolute atomic E-state index is 11.3. The molecule has 0 fully saturated rings. The maximum atomic E-state index is 11.3. The number of carbonyl (C=O) groups is 1. The highest BCUT2D eigenvalue weighted by atomic mass is 16.5. The van der Waals surface area contributed by atoms with Crippen molar-refractivity contribution < 1.29 is 9.53 Å². The summed E-state index contributed by atoms with van der Waals surface area (Å²) in [5.74, 6) is 0.429. The highest BCUT2D eigenvalue weighted by Crippen LogP contribution is 2.24. The third kappa shape index (κ3) is 3.83. The highest BCUT2D eigenvalue weighted by Gasteiger charge is 2.19. The first kappa shape index (κ1) is 15.1. The number of carbonyl (C=O) groups excluding carboxylic acids is 1. The first-order valence-electron chi connectivity index (χ1n) is 6.86. The number of ether oxygens (including phenoxy) is 1. The van der Waals surface area contributed by atoms with Gasteiger partial charge < -0.3 is 10.5 Å². The van der Waals surface area contributed by atoms with Gasteiger partial charge in [-0.1, -0.05) is 42.5 Å². The van der Waals surface area contributed by atoms with Gasteiger partial charge in [0.15, 0.2) is 0 Å². The lowest BCUT2D eigenvalue weighted by atomic mass is 9.97. The molecule has 0 aliphatic heterocycles. The molecule has 4 heteroatoms. The second kappa shape index (κ2) is 6.90. The van der Waals surface area contributed by atoms with Gasteiger partial charge >= 0.3 is 0 Å². The van der Waals surface area contributed by atoms with Crippen LogP contribution in [0.5, 0.6) is 5.75 Å². The summed E-state index contributed by atoms with van der Waals surface area (Å²) in [7, 11) is 1.64. The van der Waals surface area contributed by atoms with Crippen LogP contribution in [0.3, 0.4) is 0 Å². The van der Waals surface area contributed by atoms with Gasteiger partial charge in [0.1, 0.15) is 5.75 Å². The molecule has 0 saturated heterocycles. The number of hydrogen-bond donors (Lipinski definition) is 2. The topological polar surface area (TPSA) is 64.3 Å². The Balaban J connectivity index is 2.32. The normalized spacial score (nSPS) is 13.4. The Labute approximate surface area is 124 Å². The van der Waals surface area contributed by atoms with E-state index < -0.39 is 6.04 Å². The van der Waals surface area contributed by atoms with E-state index in [4.69, 9.17) is 10.5 Å². The van der Waals surface area contributed by atoms with Crippen molar-refractivity contribution in [2.24, 2.45) is 5.73 Å². The van der Waals surface area contributed by atoms with Gasteiger partial charge in [0.25, 0.3) is 0 Å². The fourth-order valence-electron chi connectivity index (χ4n) is 2.16. The zero-order valence-corrected chi connectivity index (χ0v) is 12.2. The highest BCUT2D eigenvalue weighted by molar-refractivity contribution is 5.79. The van der Waals surface area contributed by atoms with Gasteiger partial charge in [-0.15, -0.1) is 0 Å². The predicted molar refractivity (Wildman–Crippen MR) is 83.1 cm³/mol. The van der Waals surface area contributed by atoms with Crippen LogP contribution in [0, 0.1) is 0 Å². The van der Waals surface area contributed by atoms with E-state index in [1.54, 1.807) is 14.0 Å². The zero-order valence-electron chi connectivity index (χ0n) is 12.2. The van der Waals surface area contributed by atoms with Crippen LogP contribution in [0.15, 0.2) is 54.6 Å². The molecule has 4 nitrogen and oxygen atoms in total. The van der Waals surface area contributed by atoms with Gasteiger partial charge in [-0.05, 0) is 30.2 Å². The maximum Gasteiger partial charge on any atom is 0.234 e. The van der Waals surface area contributed by atoms with Crippen LogP contribution < -0.4 is 15.8 Å². The summed E-state index contributed by atoms with van der Waals surface area (Å²) in [4.78, 5) is 11.3. The summed E-state index contributed by atoms with van der Waals surface area (Å²) in [6, 6.07) is 17.2. The number of rotatable bonds is 6. The molecule has 21 heavy (non-hydrogen) atoms. The van der Waals surface area contributed by atoms with Crippen molar-refractivity contribution in [2.45, 2.75) is 19.0 Å². The lowest BCUT2D eigenvalue weighted by Crippen LogP contribution is -2.41. The molecule has 2 atom stereocenters. The van der Waals surface area contributed by atoms with Gasteiger partial charge in [0.05, 0.1) is 19.2 Å². The molecule has 0 radical (unpaired) electrons. The monoisotopic (exact) mass is 284 g/mol. The van der Waals surface area contributed by atoms with Crippen molar-refractivity contribution in [1.82, 2.24) is 5.32 Å². The number of amides is 1. The van der Waals surface area contributed by atoms with E-state index >= 15 is 0 Å². The first-order valence-corrected chi connectivity index (χ1v) is 6.86. The number of nitrogens with two attached hydrogens (primary N) is 1. The third-order valence-corrected chi connectivity index (χ3v) is 3.43. The Morgan fingerprint density at radius 1 is 1.05 bits per heavy atom. The molecule has 0 aromatic heterocycles. The summed E-state index contributed by atoms with van der Waals surface area (Å²) < 4.78 is 5.18. The van der Waals surface area contributed by atoms with Crippen LogP contribution in [0.2, 0.25) is 0 Å². The summed E-state index contributed by atoms with van der Waals surface area (Å²) in [5.41, 5.74) is 7.50. The van der Waals surface area contributed by atoms with Crippen LogP contribution in [0.4, 0.5) is 0 Å². The molecule has 0 aliphatic rings. The summed E-state index contributed by atoms with van der Waals surface area (Å²) in [6.45, 7) is 1.77. The van der Waals surface area contributed by atoms with E-state index in [0.717, 1.165) is 16.9 Å². The Bertz CT molecular complexity index is 581. The minimum atomic E-state index is -0.419. The van der Waals surface area contributed by atoms with Gasteiger partial charge in [0, 0.05) is 0 Å². The van der Waals surface area contributed by atoms with Crippen molar-refractivity contribution >= 4 is 5.91 Å². The fourth-order valence-corrected chi connectivity index (χ4v) is 2.16. The number of benzene rings is 2. The summed E-state index contributed by atoms with van der Waals surface area (Å²) in [6.07, 6.45) is 0. The van der Waals surface area contributed by atoms with Crippen molar-refractivity contribution in [3.05, 3.63) is 65.7 Å². The number of nitrogens with one attached hydrogen (secondary N) is 1. The van der Waals surface area contributed by atoms with E-state index in [1.165, 1.54) is 0 Å². The molecule has 110 valence electrons. The molecular weight excluding hydrogens is 264 g/mol. The molecular formula is C17H20N2O2. The summed E-state index contributed by atoms with van der Waals surface area (Å²) >= 11 is 0. The zero-order chi connectivity index (χ0) is 15.2. The molecule has 2 rings (SSSR count). The second-order valence-corrected chi connectivity index (χ2v) is 4.91. The van der Waals surface area contributed by atoms with Crippen LogP contribution in [-0.2, 0) is 4.79 Å². The molecule has 0 heterocycles. The van der Waals surface area contributed by atoms with E-state index in [9.17, 15) is 4.79 Å². The Morgan fingerprint density at radius 3 is 2.14 bits per heavy atom. The number of hydrogen-bond acceptors (Lipinski definition) is 3. The molecule has 0 aliphatic carbocycles. The van der Waals surface area contributed by atoms with E-state index in [2.05, 4.69) is 5.32 Å². The van der Waals surface area contributed by atoms with E-state index in [-0.39, 0.29) is 11.9 Å². The molecule has 2 aromatic rings. The van der Waals surface area contributed by atoms with E-state index in [0.29, 0.717) is 0 Å². The Kier molecular flexibility index (Phi) is 4.95. The number of primary amides is 1. The van der Waals surface area contributed by atoms with Crippen molar-refractivity contribution in [2.75, 3.05) is 7.11 Å². The first-order chi connectivity index (χ1) is 10.1. The van der Waals surface area contributed by atoms with Gasteiger partial charge in [-0.3, -0.25) is 10.1 Å². The molecule has 1 amide bonds. The molecule has 0 bridgehead atoms. The minimum absolute atomic E-state index is 0.0976. The smallest absolute Gasteiger partial charge is 0.234 e. The van der Waals surface area contributed by atoms with Crippen LogP contribution >= 0.6 is 0 Å². The van der Waals surface area contributed by atoms with Gasteiger partial charge in [0.2, 0.25) is 5.91 Å². The average Bonchev–Trinajstić information content (AvgIpc) is 2.53. The van der Waals surface area contributed by atoms with Gasteiger partial charge in [-0.25, -0.2) is 0 Å². The van der Waals surface area contributed by atoms with Crippen molar-refractivity contribution in [3.63, 3.8) is 0 Å². The third-order valence-electron chi connectivity index (χ3n) is 3.43. The lowest BCUT2D eigenvalue weighted by molar-refractivity contribution is -0.119. The average molecular weight is 284 g/mol. The van der Waals surface area contributed by atoms with Crippen LogP contribution in [-0.4, -0.2) is 19.1 Å². The molecule has 2 unspecified atom stereocenters. The number of methoxy groups -OCH3 is 1. The standard InChI is InChI=1S/C17H20N2O2/c1-12(17(18)20)19-16(13-6-4-3-5-7-13)14-8-10-15(21-2)11-9-14/h3-12,16,19H,1-2H3,(H2,18,20).